The Bertz CT molecular complexity index is 1010. The summed E-state index contributed by atoms with van der Waals surface area (Å²) in [5.41, 5.74) is 1.17. The molecule has 0 bridgehead atoms. The Morgan fingerprint density at radius 2 is 2.04 bits per heavy atom. The molecule has 2 aromatic rings. The van der Waals surface area contributed by atoms with Crippen LogP contribution in [0, 0.1) is 5.82 Å². The van der Waals surface area contributed by atoms with Gasteiger partial charge in [-0.15, -0.1) is 0 Å². The Balaban J connectivity index is 2.13. The highest BCUT2D eigenvalue weighted by atomic mass is 79.9. The highest BCUT2D eigenvalue weighted by Crippen LogP contribution is 2.41. The van der Waals surface area contributed by atoms with Crippen LogP contribution in [0.3, 0.4) is 0 Å². The zero-order valence-electron chi connectivity index (χ0n) is 13.9. The van der Waals surface area contributed by atoms with Crippen molar-refractivity contribution in [3.8, 4) is 0 Å². The predicted octanol–water partition coefficient (Wildman–Crippen LogP) is 4.34. The molecule has 1 N–H and O–H groups in total. The summed E-state index contributed by atoms with van der Waals surface area (Å²) in [6.45, 7) is 3.25. The number of halogens is 3. The summed E-state index contributed by atoms with van der Waals surface area (Å²) >= 11 is 9.26. The summed E-state index contributed by atoms with van der Waals surface area (Å²) in [4.78, 5) is 13.5. The molecule has 1 atom stereocenters. The number of rotatable bonds is 3. The van der Waals surface area contributed by atoms with Crippen LogP contribution in [0.1, 0.15) is 19.4 Å². The van der Waals surface area contributed by atoms with Crippen LogP contribution in [0.25, 0.3) is 0 Å². The fraction of sp³-hybridized carbons (Fsp3) is 0.235. The minimum absolute atomic E-state index is 0.0400. The average molecular weight is 462 g/mol. The van der Waals surface area contributed by atoms with Crippen molar-refractivity contribution < 1.29 is 17.6 Å². The van der Waals surface area contributed by atoms with Gasteiger partial charge in [-0.05, 0) is 49.2 Å². The van der Waals surface area contributed by atoms with Gasteiger partial charge in [-0.2, -0.15) is 0 Å². The van der Waals surface area contributed by atoms with Gasteiger partial charge in [0.15, 0.2) is 0 Å². The maximum atomic E-state index is 13.2. The second-order valence-corrected chi connectivity index (χ2v) is 9.06. The van der Waals surface area contributed by atoms with Gasteiger partial charge in [0.05, 0.1) is 16.4 Å². The van der Waals surface area contributed by atoms with E-state index in [1.807, 2.05) is 6.92 Å². The second-order valence-electron chi connectivity index (χ2n) is 6.08. The minimum Gasteiger partial charge on any atom is -0.308 e. The summed E-state index contributed by atoms with van der Waals surface area (Å²) < 4.78 is 42.2. The largest absolute Gasteiger partial charge is 0.308 e. The lowest BCUT2D eigenvalue weighted by Gasteiger charge is -2.23. The van der Waals surface area contributed by atoms with Gasteiger partial charge >= 0.3 is 0 Å². The monoisotopic (exact) mass is 460 g/mol. The Morgan fingerprint density at radius 1 is 1.35 bits per heavy atom. The van der Waals surface area contributed by atoms with E-state index >= 15 is 0 Å². The van der Waals surface area contributed by atoms with Crippen LogP contribution in [-0.4, -0.2) is 20.4 Å². The molecule has 0 aliphatic carbocycles. The Morgan fingerprint density at radius 3 is 2.65 bits per heavy atom. The van der Waals surface area contributed by atoms with E-state index in [0.717, 1.165) is 17.7 Å². The van der Waals surface area contributed by atoms with E-state index < -0.39 is 15.8 Å². The fourth-order valence-electron chi connectivity index (χ4n) is 3.13. The van der Waals surface area contributed by atoms with Gasteiger partial charge in [0, 0.05) is 17.4 Å². The van der Waals surface area contributed by atoms with Crippen molar-refractivity contribution in [3.63, 3.8) is 0 Å². The van der Waals surface area contributed by atoms with E-state index in [9.17, 15) is 17.6 Å². The molecule has 1 unspecified atom stereocenters. The Labute approximate surface area is 164 Å². The number of hydrogen-bond acceptors (Lipinski definition) is 3. The number of nitrogens with zero attached hydrogens (tertiary/aromatic N) is 1. The second kappa shape index (κ2) is 6.83. The summed E-state index contributed by atoms with van der Waals surface area (Å²) in [5.74, 6) is -0.812. The molecule has 0 spiro atoms. The Kier molecular flexibility index (Phi) is 5.02. The molecule has 138 valence electrons. The Hall–Kier alpha value is -1.64. The van der Waals surface area contributed by atoms with Crippen molar-refractivity contribution in [2.24, 2.45) is 0 Å². The van der Waals surface area contributed by atoms with Gasteiger partial charge in [-0.25, -0.2) is 12.8 Å². The number of hydrogen-bond donors (Lipinski definition) is 1. The third-order valence-electron chi connectivity index (χ3n) is 4.12. The maximum Gasteiger partial charge on any atom is 0.264 e. The highest BCUT2D eigenvalue weighted by Gasteiger charge is 2.35. The summed E-state index contributed by atoms with van der Waals surface area (Å²) in [5, 5.41) is -0.0583. The number of anilines is 2. The van der Waals surface area contributed by atoms with E-state index in [2.05, 4.69) is 20.7 Å². The number of benzene rings is 2. The lowest BCUT2D eigenvalue weighted by molar-refractivity contribution is -0.116. The first-order valence-corrected chi connectivity index (χ1v) is 10.4. The van der Waals surface area contributed by atoms with Crippen molar-refractivity contribution >= 4 is 54.8 Å². The van der Waals surface area contributed by atoms with Gasteiger partial charge in [-0.1, -0.05) is 27.5 Å². The average Bonchev–Trinajstić information content (AvgIpc) is 2.84. The van der Waals surface area contributed by atoms with Crippen LogP contribution in [0.4, 0.5) is 15.8 Å². The molecule has 1 aliphatic heterocycles. The minimum atomic E-state index is -4.07. The number of fused-ring (bicyclic) bond motifs is 1. The molecule has 0 saturated carbocycles. The number of amides is 1. The molecule has 0 fully saturated rings. The molecular weight excluding hydrogens is 447 g/mol. The van der Waals surface area contributed by atoms with E-state index in [-0.39, 0.29) is 27.6 Å². The first-order chi connectivity index (χ1) is 12.1. The van der Waals surface area contributed by atoms with Crippen LogP contribution in [0.15, 0.2) is 39.7 Å². The molecule has 1 heterocycles. The first-order valence-electron chi connectivity index (χ1n) is 7.70. The first kappa shape index (κ1) is 19.1. The number of carbonyl (C=O) groups is 1. The molecule has 2 aromatic carbocycles. The standard InChI is InChI=1S/C17H15BrClFN2O3S/c1-9-5-11-6-12(18)7-16(17(11)22(9)10(2)23)26(24,25)21-15-4-3-13(20)8-14(15)19/h3-4,6-9,21H,5H2,1-2H3. The van der Waals surface area contributed by atoms with Crippen LogP contribution in [-0.2, 0) is 21.2 Å². The zero-order valence-corrected chi connectivity index (χ0v) is 17.0. The van der Waals surface area contributed by atoms with Gasteiger partial charge in [-0.3, -0.25) is 9.52 Å². The lowest BCUT2D eigenvalue weighted by Crippen LogP contribution is -2.34. The van der Waals surface area contributed by atoms with E-state index in [1.165, 1.54) is 24.0 Å². The van der Waals surface area contributed by atoms with Crippen LogP contribution < -0.4 is 9.62 Å². The molecule has 1 amide bonds. The van der Waals surface area contributed by atoms with E-state index in [4.69, 9.17) is 11.6 Å². The molecule has 9 heteroatoms. The van der Waals surface area contributed by atoms with Crippen LogP contribution in [0.2, 0.25) is 5.02 Å². The lowest BCUT2D eigenvalue weighted by atomic mass is 10.1. The maximum absolute atomic E-state index is 13.2. The molecule has 5 nitrogen and oxygen atoms in total. The van der Waals surface area contributed by atoms with Crippen molar-refractivity contribution in [1.82, 2.24) is 0 Å². The summed E-state index contributed by atoms with van der Waals surface area (Å²) in [7, 11) is -4.07. The number of nitrogens with one attached hydrogen (secondary N) is 1. The SMILES string of the molecule is CC(=O)N1c2c(cc(Br)cc2S(=O)(=O)Nc2ccc(F)cc2Cl)CC1C. The van der Waals surface area contributed by atoms with E-state index in [1.54, 1.807) is 6.07 Å². The number of carbonyl (C=O) groups excluding carboxylic acids is 1. The predicted molar refractivity (Wildman–Crippen MR) is 103 cm³/mol. The van der Waals surface area contributed by atoms with Crippen molar-refractivity contribution in [2.45, 2.75) is 31.2 Å². The number of sulfonamides is 1. The van der Waals surface area contributed by atoms with Gasteiger partial charge in [0.2, 0.25) is 5.91 Å². The van der Waals surface area contributed by atoms with Crippen molar-refractivity contribution in [1.29, 1.82) is 0 Å². The van der Waals surface area contributed by atoms with Gasteiger partial charge < -0.3 is 4.90 Å². The fourth-order valence-corrected chi connectivity index (χ4v) is 5.40. The molecule has 0 saturated heterocycles. The zero-order chi connectivity index (χ0) is 19.2. The summed E-state index contributed by atoms with van der Waals surface area (Å²) in [6, 6.07) is 6.47. The van der Waals surface area contributed by atoms with Gasteiger partial charge in [0.25, 0.3) is 10.0 Å². The van der Waals surface area contributed by atoms with Crippen molar-refractivity contribution in [3.05, 3.63) is 51.2 Å². The van der Waals surface area contributed by atoms with Crippen LogP contribution in [0.5, 0.6) is 0 Å². The van der Waals surface area contributed by atoms with E-state index in [0.29, 0.717) is 16.6 Å². The molecular formula is C17H15BrClFN2O3S. The third-order valence-corrected chi connectivity index (χ3v) is 6.27. The molecule has 26 heavy (non-hydrogen) atoms. The molecule has 1 aliphatic rings. The molecule has 3 rings (SSSR count). The highest BCUT2D eigenvalue weighted by molar-refractivity contribution is 9.10. The smallest absolute Gasteiger partial charge is 0.264 e. The molecule has 0 radical (unpaired) electrons. The molecule has 0 aromatic heterocycles. The van der Waals surface area contributed by atoms with Crippen molar-refractivity contribution in [2.75, 3.05) is 9.62 Å². The summed E-state index contributed by atoms with van der Waals surface area (Å²) in [6.07, 6.45) is 0.550. The quantitative estimate of drug-likeness (QED) is 0.739. The van der Waals surface area contributed by atoms with Gasteiger partial charge in [0.1, 0.15) is 10.7 Å². The van der Waals surface area contributed by atoms with Crippen LogP contribution >= 0.6 is 27.5 Å². The topological polar surface area (TPSA) is 66.5 Å². The normalized spacial score (nSPS) is 16.5. The third kappa shape index (κ3) is 3.45.